The summed E-state index contributed by atoms with van der Waals surface area (Å²) in [7, 11) is 0. The number of hydrogen-bond acceptors (Lipinski definition) is 5. The molecule has 4 heterocycles. The van der Waals surface area contributed by atoms with Crippen molar-refractivity contribution in [2.24, 2.45) is 0 Å². The zero-order valence-electron chi connectivity index (χ0n) is 16.2. The molecule has 1 unspecified atom stereocenters. The van der Waals surface area contributed by atoms with Crippen molar-refractivity contribution in [1.82, 2.24) is 24.5 Å². The summed E-state index contributed by atoms with van der Waals surface area (Å²) >= 11 is 12.5. The first-order valence-corrected chi connectivity index (χ1v) is 10.6. The first kappa shape index (κ1) is 20.1. The number of ether oxygens (including phenoxy) is 1. The van der Waals surface area contributed by atoms with Crippen LogP contribution in [-0.2, 0) is 4.74 Å². The fraction of sp³-hybridized carbons (Fsp3) is 0.429. The summed E-state index contributed by atoms with van der Waals surface area (Å²) in [5.41, 5.74) is 1.68. The van der Waals surface area contributed by atoms with Gasteiger partial charge in [0.2, 0.25) is 0 Å². The second-order valence-corrected chi connectivity index (χ2v) is 7.63. The van der Waals surface area contributed by atoms with Crippen LogP contribution in [0.5, 0.6) is 0 Å². The van der Waals surface area contributed by atoms with E-state index in [2.05, 4.69) is 33.7 Å². The van der Waals surface area contributed by atoms with Gasteiger partial charge in [-0.25, -0.2) is 19.9 Å². The van der Waals surface area contributed by atoms with Gasteiger partial charge in [-0.1, -0.05) is 48.5 Å². The lowest BCUT2D eigenvalue weighted by Gasteiger charge is -2.24. The third-order valence-corrected chi connectivity index (χ3v) is 5.21. The molecular weight excluding hydrogens is 409 g/mol. The lowest BCUT2D eigenvalue weighted by Crippen LogP contribution is -2.19. The van der Waals surface area contributed by atoms with Gasteiger partial charge in [-0.2, -0.15) is 0 Å². The molecule has 3 aromatic heterocycles. The van der Waals surface area contributed by atoms with Gasteiger partial charge >= 0.3 is 0 Å². The number of pyridine rings is 1. The van der Waals surface area contributed by atoms with Crippen molar-refractivity contribution in [1.29, 1.82) is 0 Å². The molecule has 0 spiro atoms. The highest BCUT2D eigenvalue weighted by molar-refractivity contribution is 6.33. The monoisotopic (exact) mass is 429 g/mol. The molecule has 3 aromatic rings. The Morgan fingerprint density at radius 2 is 2.07 bits per heavy atom. The van der Waals surface area contributed by atoms with Crippen LogP contribution in [0.25, 0.3) is 22.7 Å². The normalized spacial score (nSPS) is 16.6. The van der Waals surface area contributed by atoms with E-state index in [9.17, 15) is 0 Å². The fourth-order valence-corrected chi connectivity index (χ4v) is 3.65. The summed E-state index contributed by atoms with van der Waals surface area (Å²) in [6, 6.07) is 5.31. The van der Waals surface area contributed by atoms with E-state index in [4.69, 9.17) is 32.9 Å². The van der Waals surface area contributed by atoms with Crippen molar-refractivity contribution in [3.05, 3.63) is 34.3 Å². The number of aromatic nitrogens is 5. The quantitative estimate of drug-likeness (QED) is 0.239. The molecule has 1 aliphatic rings. The van der Waals surface area contributed by atoms with E-state index in [1.54, 1.807) is 18.2 Å². The maximum Gasteiger partial charge on any atom is 0.189 e. The van der Waals surface area contributed by atoms with E-state index < -0.39 is 0 Å². The van der Waals surface area contributed by atoms with Crippen molar-refractivity contribution in [3.8, 4) is 23.4 Å². The number of rotatable bonds is 4. The summed E-state index contributed by atoms with van der Waals surface area (Å²) in [5.74, 6) is 7.40. The van der Waals surface area contributed by atoms with E-state index in [-0.39, 0.29) is 11.4 Å². The number of imidazole rings is 1. The lowest BCUT2D eigenvalue weighted by molar-refractivity contribution is -0.0302. The van der Waals surface area contributed by atoms with Gasteiger partial charge in [0.25, 0.3) is 0 Å². The zero-order valence-corrected chi connectivity index (χ0v) is 17.7. The van der Waals surface area contributed by atoms with Crippen LogP contribution >= 0.6 is 23.2 Å². The van der Waals surface area contributed by atoms with Crippen LogP contribution in [0.3, 0.4) is 0 Å². The van der Waals surface area contributed by atoms with E-state index in [0.717, 1.165) is 38.5 Å². The molecule has 150 valence electrons. The van der Waals surface area contributed by atoms with Gasteiger partial charge in [-0.15, -0.1) is 0 Å². The van der Waals surface area contributed by atoms with Crippen LogP contribution in [0, 0.1) is 11.8 Å². The Balaban J connectivity index is 1.86. The molecule has 0 bridgehead atoms. The smallest absolute Gasteiger partial charge is 0.189 e. The van der Waals surface area contributed by atoms with Gasteiger partial charge in [0.1, 0.15) is 22.6 Å². The maximum absolute atomic E-state index is 6.48. The number of unbranched alkanes of at least 4 members (excludes halogenated alkanes) is 2. The van der Waals surface area contributed by atoms with Gasteiger partial charge in [0.05, 0.1) is 0 Å². The molecule has 0 aliphatic carbocycles. The van der Waals surface area contributed by atoms with Crippen molar-refractivity contribution in [2.75, 3.05) is 6.61 Å². The Hall–Kier alpha value is -2.20. The molecule has 4 rings (SSSR count). The molecule has 1 aliphatic heterocycles. The Morgan fingerprint density at radius 1 is 1.17 bits per heavy atom. The summed E-state index contributed by atoms with van der Waals surface area (Å²) in [6.45, 7) is 2.85. The Kier molecular flexibility index (Phi) is 6.29. The van der Waals surface area contributed by atoms with E-state index in [1.165, 1.54) is 0 Å². The Bertz CT molecular complexity index is 1080. The SMILES string of the molecule is CCCCC#Cc1nc2c(Cl)nc(-c3cccc(Cl)n3)nc2n1C1CCCCO1. The minimum Gasteiger partial charge on any atom is -0.358 e. The highest BCUT2D eigenvalue weighted by Crippen LogP contribution is 2.31. The largest absolute Gasteiger partial charge is 0.358 e. The number of nitrogens with zero attached hydrogens (tertiary/aromatic N) is 5. The summed E-state index contributed by atoms with van der Waals surface area (Å²) < 4.78 is 7.97. The molecule has 8 heteroatoms. The Labute approximate surface area is 179 Å². The average Bonchev–Trinajstić information content (AvgIpc) is 3.11. The predicted molar refractivity (Wildman–Crippen MR) is 114 cm³/mol. The third-order valence-electron chi connectivity index (χ3n) is 4.74. The van der Waals surface area contributed by atoms with Crippen molar-refractivity contribution in [3.63, 3.8) is 0 Å². The summed E-state index contributed by atoms with van der Waals surface area (Å²) in [4.78, 5) is 18.1. The number of fused-ring (bicyclic) bond motifs is 1. The number of halogens is 2. The highest BCUT2D eigenvalue weighted by Gasteiger charge is 2.25. The molecule has 1 fully saturated rings. The van der Waals surface area contributed by atoms with E-state index >= 15 is 0 Å². The predicted octanol–water partition coefficient (Wildman–Crippen LogP) is 5.44. The average molecular weight is 430 g/mol. The molecule has 29 heavy (non-hydrogen) atoms. The third kappa shape index (κ3) is 4.37. The molecular formula is C21H21Cl2N5O. The summed E-state index contributed by atoms with van der Waals surface area (Å²) in [6.07, 6.45) is 5.81. The molecule has 1 saturated heterocycles. The van der Waals surface area contributed by atoms with Crippen molar-refractivity contribution < 1.29 is 4.74 Å². The van der Waals surface area contributed by atoms with Gasteiger partial charge in [0, 0.05) is 13.0 Å². The first-order chi connectivity index (χ1) is 14.2. The minimum atomic E-state index is -0.171. The standard InChI is InChI=1S/C21H21Cl2N5O/c1-2-3-4-5-11-16-25-18-19(23)26-20(14-9-8-10-15(22)24-14)27-21(18)28(16)17-12-6-7-13-29-17/h8-10,17H,2-4,6-7,12-13H2,1H3. The van der Waals surface area contributed by atoms with E-state index in [0.29, 0.717) is 40.3 Å². The van der Waals surface area contributed by atoms with Gasteiger partial charge in [-0.05, 0) is 43.7 Å². The van der Waals surface area contributed by atoms with Crippen LogP contribution in [0.2, 0.25) is 10.3 Å². The van der Waals surface area contributed by atoms with Crippen LogP contribution < -0.4 is 0 Å². The molecule has 1 atom stereocenters. The van der Waals surface area contributed by atoms with Crippen LogP contribution in [-0.4, -0.2) is 31.1 Å². The topological polar surface area (TPSA) is 65.7 Å². The molecule has 0 radical (unpaired) electrons. The maximum atomic E-state index is 6.48. The second kappa shape index (κ2) is 9.08. The highest BCUT2D eigenvalue weighted by atomic mass is 35.5. The zero-order chi connectivity index (χ0) is 20.2. The van der Waals surface area contributed by atoms with Gasteiger partial charge in [-0.3, -0.25) is 4.57 Å². The first-order valence-electron chi connectivity index (χ1n) is 9.86. The van der Waals surface area contributed by atoms with E-state index in [1.807, 2.05) is 4.57 Å². The van der Waals surface area contributed by atoms with Crippen molar-refractivity contribution >= 4 is 34.4 Å². The van der Waals surface area contributed by atoms with Crippen LogP contribution in [0.1, 0.15) is 57.5 Å². The Morgan fingerprint density at radius 3 is 2.83 bits per heavy atom. The molecule has 6 nitrogen and oxygen atoms in total. The lowest BCUT2D eigenvalue weighted by atomic mass is 10.2. The van der Waals surface area contributed by atoms with Crippen molar-refractivity contribution in [2.45, 2.75) is 51.7 Å². The molecule has 0 amide bonds. The van der Waals surface area contributed by atoms with Crippen LogP contribution in [0.15, 0.2) is 18.2 Å². The summed E-state index contributed by atoms with van der Waals surface area (Å²) in [5, 5.41) is 0.631. The fourth-order valence-electron chi connectivity index (χ4n) is 3.28. The molecule has 0 N–H and O–H groups in total. The number of hydrogen-bond donors (Lipinski definition) is 0. The van der Waals surface area contributed by atoms with Crippen LogP contribution in [0.4, 0.5) is 0 Å². The minimum absolute atomic E-state index is 0.171. The molecule has 0 aromatic carbocycles. The van der Waals surface area contributed by atoms with Gasteiger partial charge < -0.3 is 4.74 Å². The molecule has 0 saturated carbocycles. The van der Waals surface area contributed by atoms with Gasteiger partial charge in [0.15, 0.2) is 22.4 Å². The second-order valence-electron chi connectivity index (χ2n) is 6.89.